The van der Waals surface area contributed by atoms with Crippen molar-refractivity contribution in [2.75, 3.05) is 0 Å². The van der Waals surface area contributed by atoms with Gasteiger partial charge in [0.1, 0.15) is 5.82 Å². The molecule has 1 aliphatic carbocycles. The van der Waals surface area contributed by atoms with E-state index in [0.717, 1.165) is 30.7 Å². The van der Waals surface area contributed by atoms with Gasteiger partial charge < -0.3 is 9.67 Å². The average molecular weight is 256 g/mol. The Labute approximate surface area is 113 Å². The topological polar surface area (TPSA) is 38.0 Å². The van der Waals surface area contributed by atoms with Crippen molar-refractivity contribution in [1.29, 1.82) is 0 Å². The zero-order chi connectivity index (χ0) is 13.1. The number of benzene rings is 1. The van der Waals surface area contributed by atoms with E-state index in [1.807, 2.05) is 30.6 Å². The smallest absolute Gasteiger partial charge is 0.140 e. The fraction of sp³-hybridized carbons (Fsp3) is 0.438. The van der Waals surface area contributed by atoms with E-state index in [1.165, 1.54) is 12.8 Å². The Bertz CT molecular complexity index is 521. The minimum atomic E-state index is -0.251. The minimum Gasteiger partial charge on any atom is -0.391 e. The minimum absolute atomic E-state index is 0.167. The first kappa shape index (κ1) is 12.4. The Kier molecular flexibility index (Phi) is 3.65. The lowest BCUT2D eigenvalue weighted by atomic mass is 10.1. The Morgan fingerprint density at radius 3 is 2.68 bits per heavy atom. The number of nitrogens with zero attached hydrogens (tertiary/aromatic N) is 2. The van der Waals surface area contributed by atoms with Crippen LogP contribution in [0.2, 0.25) is 0 Å². The van der Waals surface area contributed by atoms with Crippen molar-refractivity contribution in [2.24, 2.45) is 0 Å². The van der Waals surface area contributed by atoms with Gasteiger partial charge in [0.05, 0.1) is 12.1 Å². The predicted molar refractivity (Wildman–Crippen MR) is 75.8 cm³/mol. The molecule has 1 aromatic carbocycles. The Morgan fingerprint density at radius 1 is 1.05 bits per heavy atom. The number of aliphatic hydroxyl groups is 1. The van der Waals surface area contributed by atoms with Crippen LogP contribution in [0.3, 0.4) is 0 Å². The lowest BCUT2D eigenvalue weighted by molar-refractivity contribution is 0.106. The van der Waals surface area contributed by atoms with Crippen LogP contribution in [-0.4, -0.2) is 20.8 Å². The van der Waals surface area contributed by atoms with Gasteiger partial charge in [0.25, 0.3) is 0 Å². The van der Waals surface area contributed by atoms with Crippen LogP contribution in [0.15, 0.2) is 42.7 Å². The number of rotatable bonds is 2. The van der Waals surface area contributed by atoms with Gasteiger partial charge >= 0.3 is 0 Å². The summed E-state index contributed by atoms with van der Waals surface area (Å²) in [7, 11) is 0. The SMILES string of the molecule is OC1CCCCCC1n1ccnc1-c1ccccc1. The lowest BCUT2D eigenvalue weighted by Gasteiger charge is -2.23. The van der Waals surface area contributed by atoms with Gasteiger partial charge in [-0.3, -0.25) is 0 Å². The van der Waals surface area contributed by atoms with Crippen LogP contribution in [0.25, 0.3) is 11.4 Å². The molecule has 1 fully saturated rings. The first-order valence-electron chi connectivity index (χ1n) is 7.12. The van der Waals surface area contributed by atoms with Crippen molar-refractivity contribution in [3.05, 3.63) is 42.7 Å². The summed E-state index contributed by atoms with van der Waals surface area (Å²) in [6, 6.07) is 10.4. The third-order valence-electron chi connectivity index (χ3n) is 4.00. The maximum Gasteiger partial charge on any atom is 0.140 e. The molecule has 2 aromatic rings. The summed E-state index contributed by atoms with van der Waals surface area (Å²) in [5.41, 5.74) is 1.11. The van der Waals surface area contributed by atoms with E-state index >= 15 is 0 Å². The van der Waals surface area contributed by atoms with E-state index in [2.05, 4.69) is 21.7 Å². The molecule has 0 saturated heterocycles. The Balaban J connectivity index is 1.95. The van der Waals surface area contributed by atoms with Crippen LogP contribution in [0, 0.1) is 0 Å². The average Bonchev–Trinajstić information content (AvgIpc) is 2.83. The summed E-state index contributed by atoms with van der Waals surface area (Å²) in [5, 5.41) is 10.3. The molecule has 1 aromatic heterocycles. The van der Waals surface area contributed by atoms with Gasteiger partial charge in [-0.1, -0.05) is 49.6 Å². The van der Waals surface area contributed by atoms with Crippen molar-refractivity contribution >= 4 is 0 Å². The van der Waals surface area contributed by atoms with Gasteiger partial charge in [-0.05, 0) is 12.8 Å². The van der Waals surface area contributed by atoms with Crippen molar-refractivity contribution < 1.29 is 5.11 Å². The Morgan fingerprint density at radius 2 is 1.84 bits per heavy atom. The van der Waals surface area contributed by atoms with E-state index in [1.54, 1.807) is 0 Å². The molecule has 0 spiro atoms. The standard InChI is InChI=1S/C16H20N2O/c19-15-10-6-2-5-9-14(15)18-12-11-17-16(18)13-7-3-1-4-8-13/h1,3-4,7-8,11-12,14-15,19H,2,5-6,9-10H2. The van der Waals surface area contributed by atoms with Crippen LogP contribution in [-0.2, 0) is 0 Å². The fourth-order valence-corrected chi connectivity index (χ4v) is 2.98. The number of hydrogen-bond acceptors (Lipinski definition) is 2. The zero-order valence-corrected chi connectivity index (χ0v) is 11.1. The van der Waals surface area contributed by atoms with E-state index in [9.17, 15) is 5.11 Å². The maximum atomic E-state index is 10.3. The molecule has 0 radical (unpaired) electrons. The van der Waals surface area contributed by atoms with Gasteiger partial charge in [0, 0.05) is 18.0 Å². The monoisotopic (exact) mass is 256 g/mol. The van der Waals surface area contributed by atoms with Crippen molar-refractivity contribution in [2.45, 2.75) is 44.2 Å². The molecule has 1 saturated carbocycles. The van der Waals surface area contributed by atoms with Crippen LogP contribution >= 0.6 is 0 Å². The highest BCUT2D eigenvalue weighted by molar-refractivity contribution is 5.55. The molecular weight excluding hydrogens is 236 g/mol. The van der Waals surface area contributed by atoms with Crippen LogP contribution in [0.5, 0.6) is 0 Å². The molecule has 3 rings (SSSR count). The highest BCUT2D eigenvalue weighted by Crippen LogP contribution is 2.31. The number of imidazole rings is 1. The molecular formula is C16H20N2O. The van der Waals surface area contributed by atoms with Crippen LogP contribution in [0.4, 0.5) is 0 Å². The third-order valence-corrected chi connectivity index (χ3v) is 4.00. The summed E-state index contributed by atoms with van der Waals surface area (Å²) < 4.78 is 2.16. The third kappa shape index (κ3) is 2.56. The Hall–Kier alpha value is -1.61. The predicted octanol–water partition coefficient (Wildman–Crippen LogP) is 3.42. The van der Waals surface area contributed by atoms with Crippen molar-refractivity contribution in [1.82, 2.24) is 9.55 Å². The zero-order valence-electron chi connectivity index (χ0n) is 11.1. The van der Waals surface area contributed by atoms with Gasteiger partial charge in [0.15, 0.2) is 0 Å². The molecule has 100 valence electrons. The van der Waals surface area contributed by atoms with E-state index in [4.69, 9.17) is 0 Å². The van der Waals surface area contributed by atoms with Crippen molar-refractivity contribution in [3.8, 4) is 11.4 Å². The second-order valence-corrected chi connectivity index (χ2v) is 5.30. The molecule has 1 heterocycles. The van der Waals surface area contributed by atoms with E-state index < -0.39 is 0 Å². The summed E-state index contributed by atoms with van der Waals surface area (Å²) in [6.45, 7) is 0. The first-order chi connectivity index (χ1) is 9.36. The number of hydrogen-bond donors (Lipinski definition) is 1. The molecule has 2 unspecified atom stereocenters. The first-order valence-corrected chi connectivity index (χ1v) is 7.12. The molecule has 19 heavy (non-hydrogen) atoms. The quantitative estimate of drug-likeness (QED) is 0.836. The molecule has 1 N–H and O–H groups in total. The summed E-state index contributed by atoms with van der Waals surface area (Å²) >= 11 is 0. The van der Waals surface area contributed by atoms with Gasteiger partial charge in [-0.15, -0.1) is 0 Å². The largest absolute Gasteiger partial charge is 0.391 e. The summed E-state index contributed by atoms with van der Waals surface area (Å²) in [6.07, 6.45) is 9.07. The highest BCUT2D eigenvalue weighted by atomic mass is 16.3. The second kappa shape index (κ2) is 5.57. The second-order valence-electron chi connectivity index (χ2n) is 5.30. The van der Waals surface area contributed by atoms with E-state index in [0.29, 0.717) is 0 Å². The number of aliphatic hydroxyl groups excluding tert-OH is 1. The van der Waals surface area contributed by atoms with E-state index in [-0.39, 0.29) is 12.1 Å². The van der Waals surface area contributed by atoms with Crippen LogP contribution < -0.4 is 0 Å². The molecule has 3 heteroatoms. The number of aromatic nitrogens is 2. The molecule has 0 aliphatic heterocycles. The lowest BCUT2D eigenvalue weighted by Crippen LogP contribution is -2.23. The molecule has 3 nitrogen and oxygen atoms in total. The van der Waals surface area contributed by atoms with Gasteiger partial charge in [-0.25, -0.2) is 4.98 Å². The highest BCUT2D eigenvalue weighted by Gasteiger charge is 2.25. The summed E-state index contributed by atoms with van der Waals surface area (Å²) in [4.78, 5) is 4.48. The molecule has 1 aliphatic rings. The van der Waals surface area contributed by atoms with Crippen molar-refractivity contribution in [3.63, 3.8) is 0 Å². The maximum absolute atomic E-state index is 10.3. The molecule has 0 bridgehead atoms. The van der Waals surface area contributed by atoms with Gasteiger partial charge in [0.2, 0.25) is 0 Å². The molecule has 0 amide bonds. The normalized spacial score (nSPS) is 24.1. The molecule has 2 atom stereocenters. The summed E-state index contributed by atoms with van der Waals surface area (Å²) in [5.74, 6) is 0.964. The van der Waals surface area contributed by atoms with Crippen LogP contribution in [0.1, 0.15) is 38.1 Å². The van der Waals surface area contributed by atoms with Gasteiger partial charge in [-0.2, -0.15) is 0 Å². The fourth-order valence-electron chi connectivity index (χ4n) is 2.98.